The molecule has 0 aromatic heterocycles. The Labute approximate surface area is 154 Å². The Morgan fingerprint density at radius 3 is 1.85 bits per heavy atom. The van der Waals surface area contributed by atoms with Gasteiger partial charge in [-0.1, -0.05) is 36.4 Å². The van der Waals surface area contributed by atoms with Crippen LogP contribution in [0.2, 0.25) is 0 Å². The molecule has 0 amide bonds. The molecule has 0 unspecified atom stereocenters. The highest BCUT2D eigenvalue weighted by Gasteiger charge is 2.30. The van der Waals surface area contributed by atoms with Gasteiger partial charge in [0.25, 0.3) is 0 Å². The van der Waals surface area contributed by atoms with E-state index in [1.165, 1.54) is 48.6 Å². The van der Waals surface area contributed by atoms with E-state index in [4.69, 9.17) is 5.11 Å². The summed E-state index contributed by atoms with van der Waals surface area (Å²) in [7, 11) is -3.40. The van der Waals surface area contributed by atoms with E-state index in [-0.39, 0.29) is 4.90 Å². The molecule has 0 saturated heterocycles. The summed E-state index contributed by atoms with van der Waals surface area (Å²) in [5.74, 6) is -1.18. The molecule has 0 bridgehead atoms. The second kappa shape index (κ2) is 7.79. The number of hydrogen-bond acceptors (Lipinski definition) is 3. The van der Waals surface area contributed by atoms with Crippen LogP contribution in [0.5, 0.6) is 0 Å². The molecule has 0 aliphatic heterocycles. The third-order valence-corrected chi connectivity index (χ3v) is 4.75. The summed E-state index contributed by atoms with van der Waals surface area (Å²) >= 11 is 0. The quantitative estimate of drug-likeness (QED) is 0.608. The molecule has 0 fully saturated rings. The van der Waals surface area contributed by atoms with Crippen molar-refractivity contribution in [3.63, 3.8) is 0 Å². The van der Waals surface area contributed by atoms with Gasteiger partial charge in [-0.3, -0.25) is 0 Å². The van der Waals surface area contributed by atoms with Gasteiger partial charge in [-0.25, -0.2) is 13.2 Å². The highest BCUT2D eigenvalue weighted by atomic mass is 32.2. The minimum Gasteiger partial charge on any atom is -0.478 e. The van der Waals surface area contributed by atoms with E-state index in [1.807, 2.05) is 0 Å². The van der Waals surface area contributed by atoms with Crippen LogP contribution in [0.25, 0.3) is 5.57 Å². The zero-order chi connectivity index (χ0) is 20.2. The van der Waals surface area contributed by atoms with Crippen LogP contribution >= 0.6 is 0 Å². The lowest BCUT2D eigenvalue weighted by molar-refractivity contribution is -0.137. The molecule has 1 N–H and O–H groups in total. The summed E-state index contributed by atoms with van der Waals surface area (Å²) in [5.41, 5.74) is 0.586. The largest absolute Gasteiger partial charge is 0.478 e. The summed E-state index contributed by atoms with van der Waals surface area (Å²) in [6, 6.07) is 10.2. The first kappa shape index (κ1) is 20.4. The summed E-state index contributed by atoms with van der Waals surface area (Å²) in [6.45, 7) is 0. The molecule has 0 aliphatic rings. The molecule has 0 spiro atoms. The number of aliphatic carboxylic acids is 1. The molecule has 2 aromatic carbocycles. The van der Waals surface area contributed by atoms with Crippen LogP contribution in [0.15, 0.2) is 71.7 Å². The van der Waals surface area contributed by atoms with Gasteiger partial charge in [-0.05, 0) is 41.0 Å². The molecule has 0 saturated carbocycles. The molecule has 142 valence electrons. The molecule has 4 nitrogen and oxygen atoms in total. The lowest BCUT2D eigenvalue weighted by atomic mass is 9.96. The maximum Gasteiger partial charge on any atom is 0.416 e. The third-order valence-electron chi connectivity index (χ3n) is 3.62. The van der Waals surface area contributed by atoms with Crippen molar-refractivity contribution < 1.29 is 31.5 Å². The fourth-order valence-corrected chi connectivity index (χ4v) is 2.94. The van der Waals surface area contributed by atoms with Gasteiger partial charge in [0, 0.05) is 12.3 Å². The number of carboxylic acids is 1. The second-order valence-electron chi connectivity index (χ2n) is 5.65. The standard InChI is InChI=1S/C19H15F3O4S/c1-27(25,26)16-11-7-14(8-12-16)17(3-2-4-18(23)24)13-5-9-15(10-6-13)19(20,21)22/h2-12H,1H3,(H,23,24)/b4-2+,17-3-. The summed E-state index contributed by atoms with van der Waals surface area (Å²) < 4.78 is 61.4. The van der Waals surface area contributed by atoms with Crippen molar-refractivity contribution in [2.24, 2.45) is 0 Å². The van der Waals surface area contributed by atoms with Crippen LogP contribution in [0.4, 0.5) is 13.2 Å². The zero-order valence-corrected chi connectivity index (χ0v) is 14.9. The number of carbonyl (C=O) groups is 1. The normalized spacial score (nSPS) is 13.1. The lowest BCUT2D eigenvalue weighted by Crippen LogP contribution is -2.04. The zero-order valence-electron chi connectivity index (χ0n) is 14.1. The minimum absolute atomic E-state index is 0.0964. The van der Waals surface area contributed by atoms with Crippen molar-refractivity contribution in [1.29, 1.82) is 0 Å². The molecular weight excluding hydrogens is 381 g/mol. The minimum atomic E-state index is -4.47. The number of benzene rings is 2. The molecule has 2 rings (SSSR count). The van der Waals surface area contributed by atoms with Crippen LogP contribution < -0.4 is 0 Å². The second-order valence-corrected chi connectivity index (χ2v) is 7.67. The predicted octanol–water partition coefficient (Wildman–Crippen LogP) is 4.18. The Kier molecular flexibility index (Phi) is 5.90. The van der Waals surface area contributed by atoms with Gasteiger partial charge >= 0.3 is 12.1 Å². The Bertz CT molecular complexity index is 985. The van der Waals surface area contributed by atoms with Crippen LogP contribution in [0.3, 0.4) is 0 Å². The van der Waals surface area contributed by atoms with E-state index in [0.717, 1.165) is 24.5 Å². The van der Waals surface area contributed by atoms with E-state index in [9.17, 15) is 26.4 Å². The first-order valence-electron chi connectivity index (χ1n) is 7.58. The molecular formula is C19H15F3O4S. The highest BCUT2D eigenvalue weighted by molar-refractivity contribution is 7.90. The average Bonchev–Trinajstić information content (AvgIpc) is 2.57. The van der Waals surface area contributed by atoms with Crippen LogP contribution in [0.1, 0.15) is 16.7 Å². The molecule has 0 atom stereocenters. The maximum absolute atomic E-state index is 12.7. The molecule has 8 heteroatoms. The fourth-order valence-electron chi connectivity index (χ4n) is 2.31. The van der Waals surface area contributed by atoms with Crippen molar-refractivity contribution in [3.05, 3.63) is 83.4 Å². The lowest BCUT2D eigenvalue weighted by Gasteiger charge is -2.11. The van der Waals surface area contributed by atoms with E-state index >= 15 is 0 Å². The van der Waals surface area contributed by atoms with Crippen molar-refractivity contribution in [2.75, 3.05) is 6.26 Å². The number of sulfone groups is 1. The van der Waals surface area contributed by atoms with Gasteiger partial charge in [-0.2, -0.15) is 13.2 Å². The molecule has 27 heavy (non-hydrogen) atoms. The molecule has 0 radical (unpaired) electrons. The Balaban J connectivity index is 2.50. The van der Waals surface area contributed by atoms with Crippen molar-refractivity contribution in [2.45, 2.75) is 11.1 Å². The number of rotatable bonds is 5. The number of halogens is 3. The van der Waals surface area contributed by atoms with Gasteiger partial charge < -0.3 is 5.11 Å². The van der Waals surface area contributed by atoms with Gasteiger partial charge in [0.05, 0.1) is 10.5 Å². The number of allylic oxidation sites excluding steroid dienone is 2. The predicted molar refractivity (Wildman–Crippen MR) is 94.9 cm³/mol. The highest BCUT2D eigenvalue weighted by Crippen LogP contribution is 2.31. The smallest absolute Gasteiger partial charge is 0.416 e. The summed E-state index contributed by atoms with van der Waals surface area (Å²) in [5, 5.41) is 8.71. The number of hydrogen-bond donors (Lipinski definition) is 1. The van der Waals surface area contributed by atoms with Gasteiger partial charge in [-0.15, -0.1) is 0 Å². The Morgan fingerprint density at radius 2 is 1.44 bits per heavy atom. The molecule has 0 aliphatic carbocycles. The average molecular weight is 396 g/mol. The van der Waals surface area contributed by atoms with Gasteiger partial charge in [0.1, 0.15) is 0 Å². The van der Waals surface area contributed by atoms with Gasteiger partial charge in [0.15, 0.2) is 9.84 Å². The van der Waals surface area contributed by atoms with E-state index in [0.29, 0.717) is 16.7 Å². The first-order valence-corrected chi connectivity index (χ1v) is 9.47. The monoisotopic (exact) mass is 396 g/mol. The van der Waals surface area contributed by atoms with Crippen molar-refractivity contribution >= 4 is 21.4 Å². The van der Waals surface area contributed by atoms with Crippen molar-refractivity contribution in [3.8, 4) is 0 Å². The SMILES string of the molecule is CS(=O)(=O)c1ccc(/C(=C\C=C\C(=O)O)c2ccc(C(F)(F)F)cc2)cc1. The number of alkyl halides is 3. The van der Waals surface area contributed by atoms with E-state index in [1.54, 1.807) is 0 Å². The number of carboxylic acid groups (broad SMARTS) is 1. The van der Waals surface area contributed by atoms with Crippen molar-refractivity contribution in [1.82, 2.24) is 0 Å². The summed E-state index contributed by atoms with van der Waals surface area (Å²) in [6.07, 6.45) is 0.161. The molecule has 0 heterocycles. The maximum atomic E-state index is 12.7. The third kappa shape index (κ3) is 5.55. The van der Waals surface area contributed by atoms with Crippen LogP contribution in [-0.4, -0.2) is 25.7 Å². The topological polar surface area (TPSA) is 71.4 Å². The van der Waals surface area contributed by atoms with Crippen LogP contribution in [0, 0.1) is 0 Å². The fraction of sp³-hybridized carbons (Fsp3) is 0.105. The van der Waals surface area contributed by atoms with Gasteiger partial charge in [0.2, 0.25) is 0 Å². The molecule has 2 aromatic rings. The first-order chi connectivity index (χ1) is 12.5. The summed E-state index contributed by atoms with van der Waals surface area (Å²) in [4.78, 5) is 10.8. The van der Waals surface area contributed by atoms with E-state index in [2.05, 4.69) is 0 Å². The Hall–Kier alpha value is -2.87. The van der Waals surface area contributed by atoms with E-state index < -0.39 is 27.5 Å². The van der Waals surface area contributed by atoms with Crippen LogP contribution in [-0.2, 0) is 20.8 Å². The Morgan fingerprint density at radius 1 is 0.963 bits per heavy atom.